The van der Waals surface area contributed by atoms with Crippen LogP contribution in [0, 0.1) is 5.92 Å². The van der Waals surface area contributed by atoms with Crippen LogP contribution in [0.25, 0.3) is 0 Å². The standard InChI is InChI=1S/C14H16N2O3S/c1-10(8-14(17)18)7-12-15-16-13(19-12)9-20-11-5-3-2-4-6-11/h2-6,10H,7-9H2,1H3,(H,17,18). The number of carbonyl (C=O) groups is 1. The van der Waals surface area contributed by atoms with Crippen LogP contribution < -0.4 is 0 Å². The van der Waals surface area contributed by atoms with Crippen LogP contribution in [0.1, 0.15) is 25.1 Å². The fourth-order valence-electron chi connectivity index (χ4n) is 1.76. The van der Waals surface area contributed by atoms with Crippen molar-refractivity contribution >= 4 is 17.7 Å². The highest BCUT2D eigenvalue weighted by Gasteiger charge is 2.13. The van der Waals surface area contributed by atoms with Gasteiger partial charge in [0.2, 0.25) is 11.8 Å². The SMILES string of the molecule is CC(CC(=O)O)Cc1nnc(CSc2ccccc2)o1. The number of aromatic nitrogens is 2. The summed E-state index contributed by atoms with van der Waals surface area (Å²) in [7, 11) is 0. The molecule has 0 spiro atoms. The Hall–Kier alpha value is -1.82. The molecular weight excluding hydrogens is 276 g/mol. The Morgan fingerprint density at radius 2 is 2.00 bits per heavy atom. The lowest BCUT2D eigenvalue weighted by atomic mass is 10.0. The Morgan fingerprint density at radius 3 is 2.70 bits per heavy atom. The molecular formula is C14H16N2O3S. The van der Waals surface area contributed by atoms with Gasteiger partial charge in [0, 0.05) is 17.7 Å². The minimum Gasteiger partial charge on any atom is -0.481 e. The van der Waals surface area contributed by atoms with Crippen molar-refractivity contribution in [2.24, 2.45) is 5.92 Å². The number of hydrogen-bond donors (Lipinski definition) is 1. The lowest BCUT2D eigenvalue weighted by Gasteiger charge is -2.03. The predicted molar refractivity (Wildman–Crippen MR) is 75.4 cm³/mol. The Labute approximate surface area is 121 Å². The minimum atomic E-state index is -0.808. The third kappa shape index (κ3) is 4.70. The molecule has 20 heavy (non-hydrogen) atoms. The zero-order valence-electron chi connectivity index (χ0n) is 11.2. The van der Waals surface area contributed by atoms with E-state index in [-0.39, 0.29) is 12.3 Å². The van der Waals surface area contributed by atoms with Crippen LogP contribution in [0.15, 0.2) is 39.6 Å². The van der Waals surface area contributed by atoms with Gasteiger partial charge in [0.05, 0.1) is 5.75 Å². The quantitative estimate of drug-likeness (QED) is 0.790. The zero-order chi connectivity index (χ0) is 14.4. The molecule has 0 saturated carbocycles. The number of rotatable bonds is 7. The first-order chi connectivity index (χ1) is 9.63. The third-order valence-corrected chi connectivity index (χ3v) is 3.66. The van der Waals surface area contributed by atoms with Crippen molar-refractivity contribution < 1.29 is 14.3 Å². The van der Waals surface area contributed by atoms with Crippen molar-refractivity contribution in [1.82, 2.24) is 10.2 Å². The predicted octanol–water partition coefficient (Wildman–Crippen LogP) is 3.02. The summed E-state index contributed by atoms with van der Waals surface area (Å²) < 4.78 is 5.52. The highest BCUT2D eigenvalue weighted by Crippen LogP contribution is 2.22. The minimum absolute atomic E-state index is 0.0115. The van der Waals surface area contributed by atoms with E-state index in [0.29, 0.717) is 24.0 Å². The van der Waals surface area contributed by atoms with Gasteiger partial charge in [-0.2, -0.15) is 0 Å². The lowest BCUT2D eigenvalue weighted by Crippen LogP contribution is -2.07. The molecule has 106 valence electrons. The van der Waals surface area contributed by atoms with Gasteiger partial charge in [-0.3, -0.25) is 4.79 Å². The van der Waals surface area contributed by atoms with Crippen LogP contribution >= 0.6 is 11.8 Å². The molecule has 5 nitrogen and oxygen atoms in total. The molecule has 0 radical (unpaired) electrons. The van der Waals surface area contributed by atoms with Gasteiger partial charge in [-0.05, 0) is 18.1 Å². The van der Waals surface area contributed by atoms with E-state index in [1.807, 2.05) is 37.3 Å². The van der Waals surface area contributed by atoms with Gasteiger partial charge < -0.3 is 9.52 Å². The fraction of sp³-hybridized carbons (Fsp3) is 0.357. The number of carboxylic acid groups (broad SMARTS) is 1. The largest absolute Gasteiger partial charge is 0.481 e. The molecule has 0 fully saturated rings. The maximum atomic E-state index is 10.6. The Balaban J connectivity index is 1.84. The van der Waals surface area contributed by atoms with Crippen LogP contribution in [0.3, 0.4) is 0 Å². The topological polar surface area (TPSA) is 76.2 Å². The summed E-state index contributed by atoms with van der Waals surface area (Å²) in [6.45, 7) is 1.86. The number of carboxylic acids is 1. The summed E-state index contributed by atoms with van der Waals surface area (Å²) in [5.74, 6) is 0.864. The van der Waals surface area contributed by atoms with E-state index in [2.05, 4.69) is 10.2 Å². The molecule has 1 aromatic heterocycles. The van der Waals surface area contributed by atoms with Gasteiger partial charge in [0.25, 0.3) is 0 Å². The first-order valence-electron chi connectivity index (χ1n) is 6.34. The summed E-state index contributed by atoms with van der Waals surface area (Å²) >= 11 is 1.63. The number of hydrogen-bond acceptors (Lipinski definition) is 5. The molecule has 0 aliphatic heterocycles. The summed E-state index contributed by atoms with van der Waals surface area (Å²) in [5, 5.41) is 16.6. The zero-order valence-corrected chi connectivity index (χ0v) is 12.0. The molecule has 0 bridgehead atoms. The monoisotopic (exact) mass is 292 g/mol. The molecule has 0 amide bonds. The summed E-state index contributed by atoms with van der Waals surface area (Å²) in [4.78, 5) is 11.7. The summed E-state index contributed by atoms with van der Waals surface area (Å²) in [6.07, 6.45) is 0.603. The molecule has 1 N–H and O–H groups in total. The highest BCUT2D eigenvalue weighted by molar-refractivity contribution is 7.98. The average molecular weight is 292 g/mol. The molecule has 1 unspecified atom stereocenters. The van der Waals surface area contributed by atoms with Gasteiger partial charge in [0.15, 0.2) is 0 Å². The van der Waals surface area contributed by atoms with E-state index < -0.39 is 5.97 Å². The molecule has 2 rings (SSSR count). The highest BCUT2D eigenvalue weighted by atomic mass is 32.2. The number of thioether (sulfide) groups is 1. The summed E-state index contributed by atoms with van der Waals surface area (Å²) in [5.41, 5.74) is 0. The normalized spacial score (nSPS) is 12.2. The van der Waals surface area contributed by atoms with Gasteiger partial charge in [-0.25, -0.2) is 0 Å². The van der Waals surface area contributed by atoms with Gasteiger partial charge in [-0.15, -0.1) is 22.0 Å². The second-order valence-electron chi connectivity index (χ2n) is 4.60. The van der Waals surface area contributed by atoms with Crippen molar-refractivity contribution in [3.05, 3.63) is 42.1 Å². The van der Waals surface area contributed by atoms with Crippen LogP contribution in [0.5, 0.6) is 0 Å². The van der Waals surface area contributed by atoms with Crippen LogP contribution in [-0.4, -0.2) is 21.3 Å². The van der Waals surface area contributed by atoms with Crippen molar-refractivity contribution in [2.45, 2.75) is 30.4 Å². The number of nitrogens with zero attached hydrogens (tertiary/aromatic N) is 2. The van der Waals surface area contributed by atoms with E-state index in [4.69, 9.17) is 9.52 Å². The molecule has 0 saturated heterocycles. The van der Waals surface area contributed by atoms with E-state index in [1.165, 1.54) is 0 Å². The molecule has 2 aromatic rings. The van der Waals surface area contributed by atoms with Gasteiger partial charge in [-0.1, -0.05) is 25.1 Å². The molecule has 6 heteroatoms. The van der Waals surface area contributed by atoms with E-state index in [9.17, 15) is 4.79 Å². The molecule has 1 aromatic carbocycles. The van der Waals surface area contributed by atoms with Crippen molar-refractivity contribution in [1.29, 1.82) is 0 Å². The Morgan fingerprint density at radius 1 is 1.30 bits per heavy atom. The van der Waals surface area contributed by atoms with Crippen molar-refractivity contribution in [3.63, 3.8) is 0 Å². The van der Waals surface area contributed by atoms with Gasteiger partial charge in [0.1, 0.15) is 0 Å². The maximum absolute atomic E-state index is 10.6. The smallest absolute Gasteiger partial charge is 0.303 e. The third-order valence-electron chi connectivity index (χ3n) is 2.66. The average Bonchev–Trinajstić information content (AvgIpc) is 2.84. The van der Waals surface area contributed by atoms with Crippen molar-refractivity contribution in [3.8, 4) is 0 Å². The second kappa shape index (κ2) is 7.09. The maximum Gasteiger partial charge on any atom is 0.303 e. The first kappa shape index (κ1) is 14.6. The fourth-order valence-corrected chi connectivity index (χ4v) is 2.52. The second-order valence-corrected chi connectivity index (χ2v) is 5.65. The number of aliphatic carboxylic acids is 1. The molecule has 0 aliphatic carbocycles. The van der Waals surface area contributed by atoms with Crippen LogP contribution in [-0.2, 0) is 17.0 Å². The van der Waals surface area contributed by atoms with Crippen LogP contribution in [0.4, 0.5) is 0 Å². The van der Waals surface area contributed by atoms with Crippen molar-refractivity contribution in [2.75, 3.05) is 0 Å². The molecule has 0 aliphatic rings. The van der Waals surface area contributed by atoms with E-state index in [1.54, 1.807) is 11.8 Å². The molecule has 1 heterocycles. The summed E-state index contributed by atoms with van der Waals surface area (Å²) in [6, 6.07) is 9.98. The van der Waals surface area contributed by atoms with Gasteiger partial charge >= 0.3 is 5.97 Å². The number of benzene rings is 1. The van der Waals surface area contributed by atoms with E-state index >= 15 is 0 Å². The Kier molecular flexibility index (Phi) is 5.17. The first-order valence-corrected chi connectivity index (χ1v) is 7.33. The van der Waals surface area contributed by atoms with Crippen LogP contribution in [0.2, 0.25) is 0 Å². The lowest BCUT2D eigenvalue weighted by molar-refractivity contribution is -0.137. The Bertz CT molecular complexity index is 557. The van der Waals surface area contributed by atoms with E-state index in [0.717, 1.165) is 4.90 Å². The molecule has 1 atom stereocenters.